The van der Waals surface area contributed by atoms with Crippen LogP contribution in [0.3, 0.4) is 0 Å². The van der Waals surface area contributed by atoms with Crippen molar-refractivity contribution in [1.29, 1.82) is 0 Å². The summed E-state index contributed by atoms with van der Waals surface area (Å²) in [4.78, 5) is 39.6. The minimum absolute atomic E-state index is 0.0487. The van der Waals surface area contributed by atoms with Crippen LogP contribution in [-0.2, 0) is 14.4 Å². The number of carbonyl (C=O) groups is 3. The van der Waals surface area contributed by atoms with Crippen LogP contribution in [0.4, 0.5) is 0 Å². The first-order chi connectivity index (χ1) is 13.0. The molecule has 0 spiro atoms. The Morgan fingerprint density at radius 3 is 1.81 bits per heavy atom. The van der Waals surface area contributed by atoms with Gasteiger partial charge in [-0.1, -0.05) is 12.2 Å². The Morgan fingerprint density at radius 1 is 0.852 bits per heavy atom. The number of amides is 3. The van der Waals surface area contributed by atoms with Crippen molar-refractivity contribution < 1.29 is 14.4 Å². The third-order valence-corrected chi connectivity index (χ3v) is 9.40. The lowest BCUT2D eigenvalue weighted by atomic mass is 9.49. The number of nitrogens with zero attached hydrogens (tertiary/aromatic N) is 1. The highest BCUT2D eigenvalue weighted by atomic mass is 16.2. The molecule has 0 unspecified atom stereocenters. The molecule has 0 aromatic rings. The zero-order chi connectivity index (χ0) is 18.1. The molecule has 6 bridgehead atoms. The molecule has 6 atom stereocenters. The maximum atomic E-state index is 13.3. The number of hydrogen-bond donors (Lipinski definition) is 1. The highest BCUT2D eigenvalue weighted by molar-refractivity contribution is 6.07. The minimum atomic E-state index is -0.331. The molecule has 5 nitrogen and oxygen atoms in total. The molecule has 5 heteroatoms. The molecule has 27 heavy (non-hydrogen) atoms. The summed E-state index contributed by atoms with van der Waals surface area (Å²) in [5.41, 5.74) is 2.53. The molecule has 1 N–H and O–H groups in total. The molecule has 9 rings (SSSR count). The second kappa shape index (κ2) is 4.66. The molecule has 6 saturated carbocycles. The van der Waals surface area contributed by atoms with Crippen LogP contribution in [0.2, 0.25) is 0 Å². The predicted octanol–water partition coefficient (Wildman–Crippen LogP) is 2.29. The zero-order valence-corrected chi connectivity index (χ0v) is 15.5. The standard InChI is InChI=1S/C22H26N2O3/c25-19-17-13-1-2-14(16-6-15(13)16)18(17)20(26)24(19)23-21(27)22-7-10-3-11(8-22)5-12(4-10)9-22/h1-2,10-18H,3-9H2,(H,23,27)/t10?,11?,12?,13-,14-,15-,16+,17-,18+,22?/m0/s1. The van der Waals surface area contributed by atoms with Gasteiger partial charge in [0.1, 0.15) is 0 Å². The number of hydrogen-bond acceptors (Lipinski definition) is 3. The highest BCUT2D eigenvalue weighted by Gasteiger charge is 2.67. The molecule has 142 valence electrons. The lowest BCUT2D eigenvalue weighted by Gasteiger charge is -2.55. The Hall–Kier alpha value is -1.65. The average Bonchev–Trinajstić information content (AvgIpc) is 3.41. The average molecular weight is 366 g/mol. The Balaban J connectivity index is 1.16. The smallest absolute Gasteiger partial charge is 0.252 e. The summed E-state index contributed by atoms with van der Waals surface area (Å²) < 4.78 is 0. The van der Waals surface area contributed by atoms with E-state index in [0.717, 1.165) is 30.7 Å². The van der Waals surface area contributed by atoms with E-state index in [-0.39, 0.29) is 46.8 Å². The van der Waals surface area contributed by atoms with E-state index in [4.69, 9.17) is 0 Å². The number of imide groups is 1. The number of carbonyl (C=O) groups excluding carboxylic acids is 3. The zero-order valence-electron chi connectivity index (χ0n) is 15.5. The van der Waals surface area contributed by atoms with Crippen molar-refractivity contribution in [3.05, 3.63) is 12.2 Å². The van der Waals surface area contributed by atoms with Crippen molar-refractivity contribution in [2.24, 2.45) is 58.7 Å². The van der Waals surface area contributed by atoms with Gasteiger partial charge in [0.05, 0.1) is 17.3 Å². The first kappa shape index (κ1) is 15.3. The van der Waals surface area contributed by atoms with Gasteiger partial charge >= 0.3 is 0 Å². The van der Waals surface area contributed by atoms with Crippen molar-refractivity contribution in [2.75, 3.05) is 0 Å². The first-order valence-electron chi connectivity index (χ1n) is 10.9. The lowest BCUT2D eigenvalue weighted by Crippen LogP contribution is -2.58. The Labute approximate surface area is 158 Å². The molecule has 0 radical (unpaired) electrons. The summed E-state index contributed by atoms with van der Waals surface area (Å²) in [6.07, 6.45) is 12.2. The number of allylic oxidation sites excluding steroid dienone is 2. The monoisotopic (exact) mass is 366 g/mol. The van der Waals surface area contributed by atoms with Crippen LogP contribution in [0, 0.1) is 58.7 Å². The van der Waals surface area contributed by atoms with Crippen LogP contribution in [0.15, 0.2) is 12.2 Å². The molecule has 1 heterocycles. The fourth-order valence-corrected chi connectivity index (χ4v) is 8.68. The minimum Gasteiger partial charge on any atom is -0.273 e. The number of nitrogens with one attached hydrogen (secondary N) is 1. The molecule has 1 saturated heterocycles. The van der Waals surface area contributed by atoms with Gasteiger partial charge < -0.3 is 0 Å². The summed E-state index contributed by atoms with van der Waals surface area (Å²) in [6.45, 7) is 0. The second-order valence-electron chi connectivity index (χ2n) is 10.8. The van der Waals surface area contributed by atoms with Gasteiger partial charge in [-0.15, -0.1) is 0 Å². The molecule has 0 aromatic carbocycles. The third kappa shape index (κ3) is 1.79. The normalized spacial score (nSPS) is 55.7. The van der Waals surface area contributed by atoms with Gasteiger partial charge in [-0.25, -0.2) is 0 Å². The summed E-state index contributed by atoms with van der Waals surface area (Å²) >= 11 is 0. The van der Waals surface area contributed by atoms with Crippen LogP contribution < -0.4 is 5.43 Å². The quantitative estimate of drug-likeness (QED) is 0.602. The fraction of sp³-hybridized carbons (Fsp3) is 0.773. The van der Waals surface area contributed by atoms with E-state index in [9.17, 15) is 14.4 Å². The molecular formula is C22H26N2O3. The molecule has 1 aliphatic heterocycles. The Bertz CT molecular complexity index is 745. The van der Waals surface area contributed by atoms with E-state index in [1.165, 1.54) is 19.3 Å². The van der Waals surface area contributed by atoms with Crippen molar-refractivity contribution in [3.63, 3.8) is 0 Å². The summed E-state index contributed by atoms with van der Waals surface area (Å²) in [5.74, 6) is 2.82. The van der Waals surface area contributed by atoms with Gasteiger partial charge in [-0.05, 0) is 86.4 Å². The summed E-state index contributed by atoms with van der Waals surface area (Å²) in [7, 11) is 0. The number of hydrazine groups is 1. The topological polar surface area (TPSA) is 66.5 Å². The Morgan fingerprint density at radius 2 is 1.33 bits per heavy atom. The van der Waals surface area contributed by atoms with Crippen molar-refractivity contribution in [1.82, 2.24) is 10.4 Å². The molecule has 7 fully saturated rings. The highest BCUT2D eigenvalue weighted by Crippen LogP contribution is 2.65. The van der Waals surface area contributed by atoms with Gasteiger partial charge in [0.2, 0.25) is 5.91 Å². The maximum Gasteiger partial charge on any atom is 0.252 e. The van der Waals surface area contributed by atoms with Gasteiger partial charge in [-0.2, -0.15) is 5.01 Å². The predicted molar refractivity (Wildman–Crippen MR) is 95.3 cm³/mol. The number of rotatable bonds is 2. The van der Waals surface area contributed by atoms with E-state index in [1.54, 1.807) is 0 Å². The van der Waals surface area contributed by atoms with Crippen LogP contribution in [0.25, 0.3) is 0 Å². The second-order valence-corrected chi connectivity index (χ2v) is 10.8. The maximum absolute atomic E-state index is 13.3. The van der Waals surface area contributed by atoms with Gasteiger partial charge in [-0.3, -0.25) is 19.8 Å². The largest absolute Gasteiger partial charge is 0.273 e. The van der Waals surface area contributed by atoms with Gasteiger partial charge in [0.25, 0.3) is 11.8 Å². The molecule has 8 aliphatic carbocycles. The molecule has 0 aromatic heterocycles. The van der Waals surface area contributed by atoms with E-state index < -0.39 is 0 Å². The third-order valence-electron chi connectivity index (χ3n) is 9.40. The van der Waals surface area contributed by atoms with Crippen molar-refractivity contribution in [2.45, 2.75) is 44.9 Å². The van der Waals surface area contributed by atoms with Crippen molar-refractivity contribution in [3.8, 4) is 0 Å². The van der Waals surface area contributed by atoms with Crippen LogP contribution >= 0.6 is 0 Å². The van der Waals surface area contributed by atoms with Crippen molar-refractivity contribution >= 4 is 17.7 Å². The molecular weight excluding hydrogens is 340 g/mol. The van der Waals surface area contributed by atoms with E-state index in [1.807, 2.05) is 0 Å². The first-order valence-corrected chi connectivity index (χ1v) is 10.9. The fourth-order valence-electron chi connectivity index (χ4n) is 8.68. The van der Waals surface area contributed by atoms with E-state index >= 15 is 0 Å². The van der Waals surface area contributed by atoms with Gasteiger partial charge in [0.15, 0.2) is 0 Å². The SMILES string of the molecule is O=C1[C@@H]2[C@H]3C=C[C@@H]([C@@H]4C[C@H]34)[C@@H]2C(=O)N1NC(=O)C12CC3CC(CC(C3)C1)C2. The Kier molecular flexibility index (Phi) is 2.64. The van der Waals surface area contributed by atoms with E-state index in [0.29, 0.717) is 29.6 Å². The summed E-state index contributed by atoms with van der Waals surface area (Å²) in [6, 6.07) is 0. The molecule has 3 amide bonds. The van der Waals surface area contributed by atoms with E-state index in [2.05, 4.69) is 17.6 Å². The van der Waals surface area contributed by atoms with Crippen LogP contribution in [0.1, 0.15) is 44.9 Å². The summed E-state index contributed by atoms with van der Waals surface area (Å²) in [5, 5.41) is 1.15. The lowest BCUT2D eigenvalue weighted by molar-refractivity contribution is -0.160. The van der Waals surface area contributed by atoms with Gasteiger partial charge in [0, 0.05) is 0 Å². The van der Waals surface area contributed by atoms with Crippen LogP contribution in [0.5, 0.6) is 0 Å². The molecule has 9 aliphatic rings. The van der Waals surface area contributed by atoms with Crippen LogP contribution in [-0.4, -0.2) is 22.7 Å².